The number of carbonyl (C=O) groups excluding carboxylic acids is 1. The fourth-order valence-electron chi connectivity index (χ4n) is 4.30. The van der Waals surface area contributed by atoms with Crippen LogP contribution in [0, 0.1) is 0 Å². The van der Waals surface area contributed by atoms with Gasteiger partial charge in [-0.25, -0.2) is 28.2 Å². The zero-order chi connectivity index (χ0) is 27.8. The maximum absolute atomic E-state index is 12.3. The minimum atomic E-state index is -3.10. The molecule has 38 heavy (non-hydrogen) atoms. The van der Waals surface area contributed by atoms with Crippen molar-refractivity contribution in [3.8, 4) is 5.88 Å². The van der Waals surface area contributed by atoms with Gasteiger partial charge in [-0.05, 0) is 62.8 Å². The molecule has 0 saturated carbocycles. The maximum atomic E-state index is 12.3. The largest absolute Gasteiger partial charge is 0.474 e. The van der Waals surface area contributed by atoms with Gasteiger partial charge in [0.05, 0.1) is 28.5 Å². The van der Waals surface area contributed by atoms with Crippen LogP contribution >= 0.6 is 0 Å². The minimum absolute atomic E-state index is 0.0239. The van der Waals surface area contributed by atoms with Gasteiger partial charge < -0.3 is 20.5 Å². The molecule has 1 unspecified atom stereocenters. The molecule has 4 atom stereocenters. The van der Waals surface area contributed by atoms with Gasteiger partial charge in [-0.3, -0.25) is 0 Å². The van der Waals surface area contributed by atoms with Crippen molar-refractivity contribution in [3.05, 3.63) is 47.4 Å². The van der Waals surface area contributed by atoms with Crippen LogP contribution in [0.3, 0.4) is 0 Å². The number of cyclic esters (lactones) is 1. The van der Waals surface area contributed by atoms with E-state index >= 15 is 0 Å². The highest BCUT2D eigenvalue weighted by atomic mass is 32.2. The number of fused-ring (bicyclic) bond motifs is 2. The van der Waals surface area contributed by atoms with E-state index in [1.165, 1.54) is 6.26 Å². The van der Waals surface area contributed by atoms with Crippen LogP contribution in [0.5, 0.6) is 5.88 Å². The van der Waals surface area contributed by atoms with E-state index in [0.29, 0.717) is 47.0 Å². The van der Waals surface area contributed by atoms with Crippen LogP contribution in [0.4, 0.5) is 11.6 Å². The Bertz CT molecular complexity index is 1470. The van der Waals surface area contributed by atoms with E-state index in [0.717, 1.165) is 10.9 Å². The van der Waals surface area contributed by atoms with Crippen LogP contribution < -0.4 is 15.8 Å². The molecule has 4 heterocycles. The first-order valence-corrected chi connectivity index (χ1v) is 14.8. The van der Waals surface area contributed by atoms with E-state index < -0.39 is 15.4 Å². The Balaban J connectivity index is 1.70. The zero-order valence-electron chi connectivity index (χ0n) is 22.6. The molecule has 3 aromatic rings. The third-order valence-corrected chi connectivity index (χ3v) is 8.10. The molecule has 0 spiro atoms. The van der Waals surface area contributed by atoms with Crippen LogP contribution in [-0.2, 0) is 20.1 Å². The second-order valence-electron chi connectivity index (χ2n) is 10.4. The van der Waals surface area contributed by atoms with Crippen LogP contribution in [0.1, 0.15) is 75.0 Å². The summed E-state index contributed by atoms with van der Waals surface area (Å²) in [6.45, 7) is 9.60. The summed E-state index contributed by atoms with van der Waals surface area (Å²) < 4.78 is 34.6. The molecule has 0 saturated heterocycles. The molecule has 1 aliphatic heterocycles. The number of hydrogen-bond acceptors (Lipinski definition) is 10. The summed E-state index contributed by atoms with van der Waals surface area (Å²) in [7, 11) is -3.10. The van der Waals surface area contributed by atoms with Crippen molar-refractivity contribution in [2.24, 2.45) is 5.73 Å². The highest BCUT2D eigenvalue weighted by Crippen LogP contribution is 2.35. The number of rotatable bonds is 9. The van der Waals surface area contributed by atoms with Crippen molar-refractivity contribution in [2.45, 2.75) is 71.1 Å². The van der Waals surface area contributed by atoms with Gasteiger partial charge in [-0.1, -0.05) is 13.8 Å². The smallest absolute Gasteiger partial charge is 0.340 e. The number of nitrogens with zero attached hydrogens (tertiary/aromatic N) is 3. The molecule has 0 bridgehead atoms. The Kier molecular flexibility index (Phi) is 7.62. The van der Waals surface area contributed by atoms with Gasteiger partial charge in [0.25, 0.3) is 0 Å². The third kappa shape index (κ3) is 5.88. The van der Waals surface area contributed by atoms with Crippen LogP contribution in [0.2, 0.25) is 0 Å². The summed E-state index contributed by atoms with van der Waals surface area (Å²) >= 11 is 0. The number of anilines is 2. The van der Waals surface area contributed by atoms with Gasteiger partial charge in [-0.15, -0.1) is 0 Å². The predicted molar refractivity (Wildman–Crippen MR) is 147 cm³/mol. The Labute approximate surface area is 223 Å². The van der Waals surface area contributed by atoms with E-state index in [2.05, 4.69) is 15.3 Å². The van der Waals surface area contributed by atoms with E-state index in [-0.39, 0.29) is 29.8 Å². The van der Waals surface area contributed by atoms with Crippen molar-refractivity contribution in [2.75, 3.05) is 17.3 Å². The molecule has 0 radical (unpaired) electrons. The summed E-state index contributed by atoms with van der Waals surface area (Å²) in [6, 6.07) is 5.31. The Morgan fingerprint density at radius 2 is 1.92 bits per heavy atom. The van der Waals surface area contributed by atoms with Crippen molar-refractivity contribution >= 4 is 38.2 Å². The highest BCUT2D eigenvalue weighted by molar-refractivity contribution is 7.90. The maximum Gasteiger partial charge on any atom is 0.340 e. The van der Waals surface area contributed by atoms with E-state index in [1.807, 2.05) is 40.7 Å². The second-order valence-corrected chi connectivity index (χ2v) is 12.6. The lowest BCUT2D eigenvalue weighted by Crippen LogP contribution is -2.32. The van der Waals surface area contributed by atoms with Gasteiger partial charge >= 0.3 is 5.97 Å². The number of ether oxygens (including phenoxy) is 2. The number of aromatic nitrogens is 3. The second kappa shape index (κ2) is 10.5. The molecule has 4 rings (SSSR count). The fraction of sp³-hybridized carbons (Fsp3) is 0.481. The average Bonchev–Trinajstić information content (AvgIpc) is 2.85. The number of hydrogen-bond donors (Lipinski definition) is 2. The van der Waals surface area contributed by atoms with E-state index in [1.54, 1.807) is 24.5 Å². The lowest BCUT2D eigenvalue weighted by Gasteiger charge is -2.27. The Morgan fingerprint density at radius 3 is 2.61 bits per heavy atom. The first-order valence-electron chi connectivity index (χ1n) is 12.7. The molecule has 0 fully saturated rings. The van der Waals surface area contributed by atoms with Gasteiger partial charge in [0.1, 0.15) is 27.6 Å². The molecule has 0 aliphatic carbocycles. The first kappa shape index (κ1) is 27.7. The number of carbonyl (C=O) groups is 1. The normalized spacial score (nSPS) is 19.8. The topological polar surface area (TPSA) is 146 Å². The first-order chi connectivity index (χ1) is 17.8. The SMILES string of the molecule is CCC(C)(N)c1cnc(O[C@H](C)CCS(C)(=O)=O)c2cnc(Nc3ccc4c(n3)[C@H](C)[C@H](C)OC4=O)cc12. The number of esters is 1. The molecule has 3 aromatic heterocycles. The standard InChI is InChI=1S/C27H35N5O5S/c1-7-27(5,28)21-14-30-25(36-15(2)10-11-38(6,34)35)20-13-29-23(12-19(20)21)31-22-9-8-18-24(32-22)16(3)17(4)37-26(18)33/h8-9,12-17H,7,10-11,28H2,1-6H3,(H,29,31,32)/t15-,16-,17+,27?/m1/s1. The van der Waals surface area contributed by atoms with Crippen LogP contribution in [0.15, 0.2) is 30.6 Å². The summed E-state index contributed by atoms with van der Waals surface area (Å²) in [5.41, 5.74) is 7.96. The predicted octanol–water partition coefficient (Wildman–Crippen LogP) is 4.22. The van der Waals surface area contributed by atoms with Gasteiger partial charge in [0, 0.05) is 30.1 Å². The molecular weight excluding hydrogens is 506 g/mol. The van der Waals surface area contributed by atoms with Gasteiger partial charge in [0.2, 0.25) is 5.88 Å². The van der Waals surface area contributed by atoms with Crippen molar-refractivity contribution < 1.29 is 22.7 Å². The summed E-state index contributed by atoms with van der Waals surface area (Å²) in [6.07, 6.45) is 4.97. The molecule has 11 heteroatoms. The summed E-state index contributed by atoms with van der Waals surface area (Å²) in [5.74, 6) is 1.07. The molecular formula is C27H35N5O5S. The lowest BCUT2D eigenvalue weighted by atomic mass is 9.88. The lowest BCUT2D eigenvalue weighted by molar-refractivity contribution is 0.0235. The van der Waals surface area contributed by atoms with Crippen molar-refractivity contribution in [1.29, 1.82) is 0 Å². The number of nitrogens with two attached hydrogens (primary N) is 1. The van der Waals surface area contributed by atoms with Crippen molar-refractivity contribution in [3.63, 3.8) is 0 Å². The van der Waals surface area contributed by atoms with E-state index in [4.69, 9.17) is 20.2 Å². The van der Waals surface area contributed by atoms with Crippen molar-refractivity contribution in [1.82, 2.24) is 15.0 Å². The molecule has 0 aromatic carbocycles. The van der Waals surface area contributed by atoms with Gasteiger partial charge in [-0.2, -0.15) is 0 Å². The summed E-state index contributed by atoms with van der Waals surface area (Å²) in [5, 5.41) is 4.74. The molecule has 10 nitrogen and oxygen atoms in total. The summed E-state index contributed by atoms with van der Waals surface area (Å²) in [4.78, 5) is 26.0. The average molecular weight is 542 g/mol. The third-order valence-electron chi connectivity index (χ3n) is 7.12. The molecule has 1 aliphatic rings. The molecule has 3 N–H and O–H groups in total. The van der Waals surface area contributed by atoms with E-state index in [9.17, 15) is 13.2 Å². The Morgan fingerprint density at radius 1 is 1.18 bits per heavy atom. The molecule has 204 valence electrons. The minimum Gasteiger partial charge on any atom is -0.474 e. The Hall–Kier alpha value is -3.31. The zero-order valence-corrected chi connectivity index (χ0v) is 23.4. The van der Waals surface area contributed by atoms with Gasteiger partial charge in [0.15, 0.2) is 0 Å². The number of pyridine rings is 3. The number of sulfone groups is 1. The van der Waals surface area contributed by atoms with Crippen LogP contribution in [-0.4, -0.2) is 53.6 Å². The van der Waals surface area contributed by atoms with Crippen LogP contribution in [0.25, 0.3) is 10.8 Å². The highest BCUT2D eigenvalue weighted by Gasteiger charge is 2.31. The quantitative estimate of drug-likeness (QED) is 0.377. The fourth-order valence-corrected chi connectivity index (χ4v) is 5.06. The monoisotopic (exact) mass is 541 g/mol. The number of nitrogens with one attached hydrogen (secondary N) is 1. The molecule has 0 amide bonds.